The van der Waals surface area contributed by atoms with E-state index in [2.05, 4.69) is 29.0 Å². The number of nitrogens with zero attached hydrogens (tertiary/aromatic N) is 3. The summed E-state index contributed by atoms with van der Waals surface area (Å²) in [6.45, 7) is 6.47. The molecule has 2 N–H and O–H groups in total. The lowest BCUT2D eigenvalue weighted by Gasteiger charge is -2.14. The van der Waals surface area contributed by atoms with Gasteiger partial charge in [0.2, 0.25) is 5.88 Å². The number of hydrogen-bond donors (Lipinski definition) is 1. The monoisotopic (exact) mass is 272 g/mol. The first-order valence-corrected chi connectivity index (χ1v) is 6.87. The summed E-state index contributed by atoms with van der Waals surface area (Å²) in [5.74, 6) is 1.12. The number of rotatable bonds is 5. The SMILES string of the molecule is CCc1nnc(Oc2ccc(C)nc2)c(CN)c1CC. The van der Waals surface area contributed by atoms with Gasteiger partial charge in [-0.05, 0) is 37.5 Å². The zero-order valence-electron chi connectivity index (χ0n) is 12.2. The fourth-order valence-electron chi connectivity index (χ4n) is 2.15. The van der Waals surface area contributed by atoms with Crippen molar-refractivity contribution in [2.24, 2.45) is 5.73 Å². The van der Waals surface area contributed by atoms with Gasteiger partial charge < -0.3 is 10.5 Å². The molecule has 2 aromatic heterocycles. The highest BCUT2D eigenvalue weighted by atomic mass is 16.5. The smallest absolute Gasteiger partial charge is 0.243 e. The summed E-state index contributed by atoms with van der Waals surface area (Å²) in [7, 11) is 0. The van der Waals surface area contributed by atoms with Crippen LogP contribution in [-0.2, 0) is 19.4 Å². The third-order valence-electron chi connectivity index (χ3n) is 3.22. The van der Waals surface area contributed by atoms with Gasteiger partial charge in [-0.2, -0.15) is 5.10 Å². The topological polar surface area (TPSA) is 73.9 Å². The molecule has 0 radical (unpaired) electrons. The van der Waals surface area contributed by atoms with Crippen molar-refractivity contribution in [2.45, 2.75) is 40.2 Å². The molecule has 0 atom stereocenters. The van der Waals surface area contributed by atoms with Crippen LogP contribution >= 0.6 is 0 Å². The van der Waals surface area contributed by atoms with Crippen LogP contribution in [0.3, 0.4) is 0 Å². The Hall–Kier alpha value is -2.01. The van der Waals surface area contributed by atoms with Crippen LogP contribution < -0.4 is 10.5 Å². The summed E-state index contributed by atoms with van der Waals surface area (Å²) in [6.07, 6.45) is 3.39. The first-order chi connectivity index (χ1) is 9.69. The minimum Gasteiger partial charge on any atom is -0.436 e. The standard InChI is InChI=1S/C15H20N4O/c1-4-12-13(8-16)15(19-18-14(12)5-2)20-11-7-6-10(3)17-9-11/h6-7,9H,4-5,8,16H2,1-3H3. The predicted octanol–water partition coefficient (Wildman–Crippen LogP) is 2.56. The summed E-state index contributed by atoms with van der Waals surface area (Å²) in [5, 5.41) is 8.41. The second kappa shape index (κ2) is 6.43. The highest BCUT2D eigenvalue weighted by Crippen LogP contribution is 2.26. The van der Waals surface area contributed by atoms with E-state index in [0.717, 1.165) is 35.4 Å². The second-order valence-corrected chi connectivity index (χ2v) is 4.56. The van der Waals surface area contributed by atoms with E-state index in [1.807, 2.05) is 19.1 Å². The van der Waals surface area contributed by atoms with Crippen LogP contribution in [0.5, 0.6) is 11.6 Å². The van der Waals surface area contributed by atoms with Gasteiger partial charge in [-0.25, -0.2) is 0 Å². The van der Waals surface area contributed by atoms with Crippen molar-refractivity contribution >= 4 is 0 Å². The van der Waals surface area contributed by atoms with Crippen LogP contribution in [0.15, 0.2) is 18.3 Å². The Morgan fingerprint density at radius 3 is 2.45 bits per heavy atom. The molecule has 5 nitrogen and oxygen atoms in total. The Bertz CT molecular complexity index is 581. The molecule has 20 heavy (non-hydrogen) atoms. The van der Waals surface area contributed by atoms with Gasteiger partial charge in [0, 0.05) is 17.8 Å². The summed E-state index contributed by atoms with van der Waals surface area (Å²) >= 11 is 0. The molecular formula is C15H20N4O. The lowest BCUT2D eigenvalue weighted by atomic mass is 10.0. The molecule has 0 aliphatic heterocycles. The quantitative estimate of drug-likeness (QED) is 0.905. The van der Waals surface area contributed by atoms with Crippen molar-refractivity contribution in [1.82, 2.24) is 15.2 Å². The lowest BCUT2D eigenvalue weighted by molar-refractivity contribution is 0.443. The van der Waals surface area contributed by atoms with Gasteiger partial charge in [-0.1, -0.05) is 13.8 Å². The molecule has 0 saturated carbocycles. The molecule has 2 aromatic rings. The Morgan fingerprint density at radius 2 is 1.90 bits per heavy atom. The average molecular weight is 272 g/mol. The maximum atomic E-state index is 5.86. The van der Waals surface area contributed by atoms with Crippen molar-refractivity contribution in [3.05, 3.63) is 40.8 Å². The lowest BCUT2D eigenvalue weighted by Crippen LogP contribution is -2.10. The van der Waals surface area contributed by atoms with Crippen molar-refractivity contribution in [2.75, 3.05) is 0 Å². The molecule has 106 valence electrons. The largest absolute Gasteiger partial charge is 0.436 e. The van der Waals surface area contributed by atoms with Crippen LogP contribution in [-0.4, -0.2) is 15.2 Å². The van der Waals surface area contributed by atoms with Crippen molar-refractivity contribution in [3.63, 3.8) is 0 Å². The number of ether oxygens (including phenoxy) is 1. The third kappa shape index (κ3) is 2.93. The van der Waals surface area contributed by atoms with Crippen molar-refractivity contribution < 1.29 is 4.74 Å². The molecule has 0 aliphatic carbocycles. The number of aryl methyl sites for hydroxylation is 2. The van der Waals surface area contributed by atoms with E-state index in [9.17, 15) is 0 Å². The van der Waals surface area contributed by atoms with Gasteiger partial charge >= 0.3 is 0 Å². The van der Waals surface area contributed by atoms with Gasteiger partial charge in [-0.15, -0.1) is 5.10 Å². The summed E-state index contributed by atoms with van der Waals surface area (Å²) < 4.78 is 5.78. The zero-order chi connectivity index (χ0) is 14.5. The van der Waals surface area contributed by atoms with Crippen LogP contribution in [0.25, 0.3) is 0 Å². The molecule has 2 heterocycles. The number of hydrogen-bond acceptors (Lipinski definition) is 5. The first-order valence-electron chi connectivity index (χ1n) is 6.87. The number of nitrogens with two attached hydrogens (primary N) is 1. The Kier molecular flexibility index (Phi) is 4.63. The highest BCUT2D eigenvalue weighted by Gasteiger charge is 2.15. The minimum atomic E-state index is 0.389. The van der Waals surface area contributed by atoms with Crippen LogP contribution in [0.1, 0.15) is 36.4 Å². The molecule has 0 amide bonds. The molecule has 0 unspecified atom stereocenters. The van der Waals surface area contributed by atoms with Gasteiger partial charge in [0.25, 0.3) is 0 Å². The van der Waals surface area contributed by atoms with Crippen LogP contribution in [0.4, 0.5) is 0 Å². The van der Waals surface area contributed by atoms with E-state index in [1.165, 1.54) is 0 Å². The molecule has 0 fully saturated rings. The molecule has 0 saturated heterocycles. The first kappa shape index (κ1) is 14.4. The maximum Gasteiger partial charge on any atom is 0.243 e. The van der Waals surface area contributed by atoms with Crippen LogP contribution in [0, 0.1) is 6.92 Å². The Morgan fingerprint density at radius 1 is 1.10 bits per heavy atom. The fraction of sp³-hybridized carbons (Fsp3) is 0.400. The zero-order valence-corrected chi connectivity index (χ0v) is 12.2. The fourth-order valence-corrected chi connectivity index (χ4v) is 2.15. The van der Waals surface area contributed by atoms with E-state index in [-0.39, 0.29) is 0 Å². The summed E-state index contributed by atoms with van der Waals surface area (Å²) in [5.41, 5.74) is 9.87. The van der Waals surface area contributed by atoms with E-state index >= 15 is 0 Å². The molecule has 0 spiro atoms. The molecule has 0 aromatic carbocycles. The minimum absolute atomic E-state index is 0.389. The highest BCUT2D eigenvalue weighted by molar-refractivity contribution is 5.39. The predicted molar refractivity (Wildman–Crippen MR) is 77.7 cm³/mol. The maximum absolute atomic E-state index is 5.86. The molecule has 2 rings (SSSR count). The number of pyridine rings is 1. The normalized spacial score (nSPS) is 10.6. The van der Waals surface area contributed by atoms with Crippen LogP contribution in [0.2, 0.25) is 0 Å². The number of aromatic nitrogens is 3. The average Bonchev–Trinajstić information content (AvgIpc) is 2.48. The van der Waals surface area contributed by atoms with Crippen molar-refractivity contribution in [3.8, 4) is 11.6 Å². The van der Waals surface area contributed by atoms with Gasteiger partial charge in [0.15, 0.2) is 0 Å². The molecule has 0 aliphatic rings. The van der Waals surface area contributed by atoms with E-state index < -0.39 is 0 Å². The van der Waals surface area contributed by atoms with Gasteiger partial charge in [0.05, 0.1) is 11.9 Å². The van der Waals surface area contributed by atoms with E-state index in [1.54, 1.807) is 6.20 Å². The third-order valence-corrected chi connectivity index (χ3v) is 3.22. The van der Waals surface area contributed by atoms with Gasteiger partial charge in [0.1, 0.15) is 5.75 Å². The molecule has 0 bridgehead atoms. The van der Waals surface area contributed by atoms with E-state index in [0.29, 0.717) is 18.2 Å². The second-order valence-electron chi connectivity index (χ2n) is 4.56. The van der Waals surface area contributed by atoms with E-state index in [4.69, 9.17) is 10.5 Å². The summed E-state index contributed by atoms with van der Waals surface area (Å²) in [4.78, 5) is 4.20. The molecule has 5 heteroatoms. The van der Waals surface area contributed by atoms with Crippen molar-refractivity contribution in [1.29, 1.82) is 0 Å². The Balaban J connectivity index is 2.38. The Labute approximate surface area is 119 Å². The van der Waals surface area contributed by atoms with Gasteiger partial charge in [-0.3, -0.25) is 4.98 Å². The molecular weight excluding hydrogens is 252 g/mol. The summed E-state index contributed by atoms with van der Waals surface area (Å²) in [6, 6.07) is 3.76.